The average molecular weight is 261 g/mol. The van der Waals surface area contributed by atoms with Gasteiger partial charge in [-0.1, -0.05) is 12.1 Å². The molecule has 1 aliphatic rings. The Morgan fingerprint density at radius 3 is 2.47 bits per heavy atom. The number of hydrogen-bond donors (Lipinski definition) is 2. The summed E-state index contributed by atoms with van der Waals surface area (Å²) in [6.45, 7) is 3.70. The molecular formula is C13H15N3O3. The first kappa shape index (κ1) is 13.1. The highest BCUT2D eigenvalue weighted by molar-refractivity contribution is 6.03. The number of nitrogens with one attached hydrogen (secondary N) is 2. The van der Waals surface area contributed by atoms with Crippen molar-refractivity contribution in [3.05, 3.63) is 35.4 Å². The Bertz CT molecular complexity index is 520. The van der Waals surface area contributed by atoms with Gasteiger partial charge in [-0.15, -0.1) is 0 Å². The highest BCUT2D eigenvalue weighted by Crippen LogP contribution is 2.08. The molecule has 100 valence electrons. The molecule has 0 unspecified atom stereocenters. The third kappa shape index (κ3) is 3.31. The zero-order valence-electron chi connectivity index (χ0n) is 10.8. The summed E-state index contributed by atoms with van der Waals surface area (Å²) >= 11 is 0. The highest BCUT2D eigenvalue weighted by atomic mass is 16.5. The molecule has 1 aromatic carbocycles. The van der Waals surface area contributed by atoms with Crippen molar-refractivity contribution < 1.29 is 14.3 Å². The molecule has 1 heterocycles. The Morgan fingerprint density at radius 2 is 1.95 bits per heavy atom. The number of hydrogen-bond acceptors (Lipinski definition) is 5. The summed E-state index contributed by atoms with van der Waals surface area (Å²) in [5, 5.41) is 0. The second kappa shape index (κ2) is 5.51. The lowest BCUT2D eigenvalue weighted by molar-refractivity contribution is -0.120. The number of amidine groups is 1. The summed E-state index contributed by atoms with van der Waals surface area (Å²) < 4.78 is 5.09. The number of ether oxygens (including phenoxy) is 1. The summed E-state index contributed by atoms with van der Waals surface area (Å²) in [5.41, 5.74) is 6.46. The van der Waals surface area contributed by atoms with Crippen LogP contribution < -0.4 is 10.9 Å². The minimum absolute atomic E-state index is 0.0967. The first-order chi connectivity index (χ1) is 9.06. The van der Waals surface area contributed by atoms with E-state index in [2.05, 4.69) is 15.8 Å². The second-order valence-corrected chi connectivity index (χ2v) is 4.37. The van der Waals surface area contributed by atoms with Gasteiger partial charge in [0.2, 0.25) is 0 Å². The van der Waals surface area contributed by atoms with Crippen molar-refractivity contribution in [2.24, 2.45) is 4.99 Å². The van der Waals surface area contributed by atoms with Crippen LogP contribution in [-0.4, -0.2) is 30.4 Å². The summed E-state index contributed by atoms with van der Waals surface area (Å²) in [7, 11) is 0. The largest absolute Gasteiger partial charge is 0.459 e. The average Bonchev–Trinajstić information content (AvgIpc) is 2.39. The molecule has 2 N–H and O–H groups in total. The molecule has 19 heavy (non-hydrogen) atoms. The van der Waals surface area contributed by atoms with Crippen molar-refractivity contribution in [2.45, 2.75) is 20.0 Å². The lowest BCUT2D eigenvalue weighted by atomic mass is 10.1. The summed E-state index contributed by atoms with van der Waals surface area (Å²) in [6.07, 6.45) is -0.147. The van der Waals surface area contributed by atoms with Gasteiger partial charge in [0.1, 0.15) is 12.4 Å². The molecule has 0 aliphatic carbocycles. The molecule has 6 nitrogen and oxygen atoms in total. The van der Waals surface area contributed by atoms with Crippen molar-refractivity contribution in [3.63, 3.8) is 0 Å². The summed E-state index contributed by atoms with van der Waals surface area (Å²) in [6, 6.07) is 6.84. The predicted molar refractivity (Wildman–Crippen MR) is 69.7 cm³/mol. The Hall–Kier alpha value is -2.37. The highest BCUT2D eigenvalue weighted by Gasteiger charge is 2.13. The maximum atomic E-state index is 11.7. The van der Waals surface area contributed by atoms with E-state index in [0.717, 1.165) is 5.56 Å². The molecule has 0 saturated heterocycles. The standard InChI is InChI=1S/C13H15N3O3/c1-8(2)19-13(18)10-5-3-9(4-6-10)12-14-7-11(17)15-16-12/h3-6,8H,7H2,1-2H3,(H,14,16)(H,15,17). The molecule has 0 spiro atoms. The lowest BCUT2D eigenvalue weighted by Gasteiger charge is -2.15. The molecule has 0 aromatic heterocycles. The molecule has 0 saturated carbocycles. The Balaban J connectivity index is 2.10. The lowest BCUT2D eigenvalue weighted by Crippen LogP contribution is -2.47. The minimum Gasteiger partial charge on any atom is -0.459 e. The molecule has 6 heteroatoms. The van der Waals surface area contributed by atoms with E-state index in [1.165, 1.54) is 0 Å². The van der Waals surface area contributed by atoms with Crippen LogP contribution in [0.3, 0.4) is 0 Å². The van der Waals surface area contributed by atoms with Crippen molar-refractivity contribution in [3.8, 4) is 0 Å². The van der Waals surface area contributed by atoms with Crippen LogP contribution in [0.2, 0.25) is 0 Å². The number of nitrogens with zero attached hydrogens (tertiary/aromatic N) is 1. The number of carbonyl (C=O) groups is 2. The minimum atomic E-state index is -0.353. The summed E-state index contributed by atoms with van der Waals surface area (Å²) in [5.74, 6) is 0.0395. The maximum absolute atomic E-state index is 11.7. The number of esters is 1. The van der Waals surface area contributed by atoms with Crippen LogP contribution in [0.15, 0.2) is 29.3 Å². The molecule has 1 aromatic rings. The van der Waals surface area contributed by atoms with Crippen LogP contribution in [0.1, 0.15) is 29.8 Å². The van der Waals surface area contributed by atoms with Crippen LogP contribution in [0.25, 0.3) is 0 Å². The SMILES string of the molecule is CC(C)OC(=O)c1ccc(C2=NCC(=O)NN2)cc1. The van der Waals surface area contributed by atoms with E-state index in [1.807, 2.05) is 0 Å². The van der Waals surface area contributed by atoms with Crippen LogP contribution in [0.5, 0.6) is 0 Å². The molecule has 0 bridgehead atoms. The Labute approximate surface area is 110 Å². The van der Waals surface area contributed by atoms with Crippen molar-refractivity contribution in [2.75, 3.05) is 6.54 Å². The molecule has 0 fully saturated rings. The monoisotopic (exact) mass is 261 g/mol. The van der Waals surface area contributed by atoms with Gasteiger partial charge in [-0.3, -0.25) is 20.6 Å². The molecule has 1 aliphatic heterocycles. The van der Waals surface area contributed by atoms with Gasteiger partial charge in [-0.05, 0) is 26.0 Å². The van der Waals surface area contributed by atoms with Gasteiger partial charge in [0.25, 0.3) is 5.91 Å². The number of benzene rings is 1. The van der Waals surface area contributed by atoms with E-state index in [-0.39, 0.29) is 24.5 Å². The quantitative estimate of drug-likeness (QED) is 0.782. The van der Waals surface area contributed by atoms with Gasteiger partial charge in [-0.25, -0.2) is 4.79 Å². The number of hydrazine groups is 1. The van der Waals surface area contributed by atoms with E-state index in [1.54, 1.807) is 38.1 Å². The van der Waals surface area contributed by atoms with Gasteiger partial charge in [0.15, 0.2) is 0 Å². The first-order valence-corrected chi connectivity index (χ1v) is 5.97. The predicted octanol–water partition coefficient (Wildman–Crippen LogP) is 0.633. The zero-order chi connectivity index (χ0) is 13.8. The smallest absolute Gasteiger partial charge is 0.338 e. The number of carbonyl (C=O) groups excluding carboxylic acids is 2. The van der Waals surface area contributed by atoms with E-state index < -0.39 is 0 Å². The van der Waals surface area contributed by atoms with Crippen LogP contribution in [0, 0.1) is 0 Å². The normalized spacial score (nSPS) is 14.5. The molecule has 2 rings (SSSR count). The van der Waals surface area contributed by atoms with E-state index >= 15 is 0 Å². The van der Waals surface area contributed by atoms with Gasteiger partial charge in [0.05, 0.1) is 11.7 Å². The fourth-order valence-corrected chi connectivity index (χ4v) is 1.57. The number of amides is 1. The Kier molecular flexibility index (Phi) is 3.79. The molecular weight excluding hydrogens is 246 g/mol. The van der Waals surface area contributed by atoms with E-state index in [9.17, 15) is 9.59 Å². The molecule has 1 amide bonds. The summed E-state index contributed by atoms with van der Waals surface area (Å²) in [4.78, 5) is 26.7. The first-order valence-electron chi connectivity index (χ1n) is 5.97. The van der Waals surface area contributed by atoms with E-state index in [4.69, 9.17) is 4.74 Å². The topological polar surface area (TPSA) is 79.8 Å². The van der Waals surface area contributed by atoms with E-state index in [0.29, 0.717) is 11.4 Å². The fraction of sp³-hybridized carbons (Fsp3) is 0.308. The van der Waals surface area contributed by atoms with Crippen LogP contribution >= 0.6 is 0 Å². The third-order valence-electron chi connectivity index (χ3n) is 2.44. The van der Waals surface area contributed by atoms with Crippen molar-refractivity contribution >= 4 is 17.7 Å². The maximum Gasteiger partial charge on any atom is 0.338 e. The van der Waals surface area contributed by atoms with Crippen LogP contribution in [0.4, 0.5) is 0 Å². The van der Waals surface area contributed by atoms with Gasteiger partial charge < -0.3 is 4.74 Å². The fourth-order valence-electron chi connectivity index (χ4n) is 1.57. The molecule has 0 atom stereocenters. The number of aliphatic imine (C=N–C) groups is 1. The van der Waals surface area contributed by atoms with Gasteiger partial charge in [0, 0.05) is 5.56 Å². The van der Waals surface area contributed by atoms with Gasteiger partial charge >= 0.3 is 5.97 Å². The molecule has 0 radical (unpaired) electrons. The number of rotatable bonds is 3. The van der Waals surface area contributed by atoms with Gasteiger partial charge in [-0.2, -0.15) is 0 Å². The van der Waals surface area contributed by atoms with Crippen molar-refractivity contribution in [1.29, 1.82) is 0 Å². The van der Waals surface area contributed by atoms with Crippen molar-refractivity contribution in [1.82, 2.24) is 10.9 Å². The zero-order valence-corrected chi connectivity index (χ0v) is 10.8. The third-order valence-corrected chi connectivity index (χ3v) is 2.44. The Morgan fingerprint density at radius 1 is 1.26 bits per heavy atom. The van der Waals surface area contributed by atoms with Crippen LogP contribution in [-0.2, 0) is 9.53 Å². The second-order valence-electron chi connectivity index (χ2n) is 4.37.